The number of aromatic nitrogens is 1. The van der Waals surface area contributed by atoms with E-state index in [4.69, 9.17) is 4.98 Å². The molecule has 0 fully saturated rings. The lowest BCUT2D eigenvalue weighted by Gasteiger charge is -2.11. The van der Waals surface area contributed by atoms with Crippen LogP contribution in [0.1, 0.15) is 21.6 Å². The van der Waals surface area contributed by atoms with Crippen LogP contribution in [0.15, 0.2) is 78.9 Å². The number of amides is 2. The summed E-state index contributed by atoms with van der Waals surface area (Å²) in [7, 11) is 3.42. The van der Waals surface area contributed by atoms with E-state index in [0.717, 1.165) is 26.7 Å². The SMILES string of the molecule is Cc1ccc(-c2sc(-c3ccccc3)nc2CC(=O)Nc2ccc(C(=O)N(C)C)cc2)cc1. The van der Waals surface area contributed by atoms with Gasteiger partial charge in [-0.3, -0.25) is 9.59 Å². The summed E-state index contributed by atoms with van der Waals surface area (Å²) in [6.07, 6.45) is 0.158. The first kappa shape index (κ1) is 22.4. The predicted octanol–water partition coefficient (Wildman–Crippen LogP) is 5.67. The van der Waals surface area contributed by atoms with E-state index in [1.807, 2.05) is 30.3 Å². The van der Waals surface area contributed by atoms with Crippen LogP contribution in [0, 0.1) is 6.92 Å². The van der Waals surface area contributed by atoms with Crippen molar-refractivity contribution in [3.05, 3.63) is 95.7 Å². The van der Waals surface area contributed by atoms with E-state index in [1.54, 1.807) is 49.7 Å². The van der Waals surface area contributed by atoms with Gasteiger partial charge in [-0.25, -0.2) is 4.98 Å². The Bertz CT molecular complexity index is 1260. The number of aryl methyl sites for hydroxylation is 1. The highest BCUT2D eigenvalue weighted by molar-refractivity contribution is 7.18. The second-order valence-electron chi connectivity index (χ2n) is 8.03. The number of nitrogens with zero attached hydrogens (tertiary/aromatic N) is 2. The molecule has 1 heterocycles. The molecule has 0 atom stereocenters. The third-order valence-electron chi connectivity index (χ3n) is 5.18. The van der Waals surface area contributed by atoms with E-state index in [9.17, 15) is 9.59 Å². The van der Waals surface area contributed by atoms with Gasteiger partial charge < -0.3 is 10.2 Å². The summed E-state index contributed by atoms with van der Waals surface area (Å²) in [5, 5.41) is 3.81. The van der Waals surface area contributed by atoms with Gasteiger partial charge in [0.2, 0.25) is 5.91 Å². The first-order chi connectivity index (χ1) is 15.9. The Balaban J connectivity index is 1.57. The van der Waals surface area contributed by atoms with Crippen LogP contribution in [0.5, 0.6) is 0 Å². The third-order valence-corrected chi connectivity index (χ3v) is 6.38. The molecule has 4 rings (SSSR count). The van der Waals surface area contributed by atoms with Crippen molar-refractivity contribution in [1.29, 1.82) is 0 Å². The van der Waals surface area contributed by atoms with Gasteiger partial charge in [-0.2, -0.15) is 0 Å². The van der Waals surface area contributed by atoms with E-state index in [1.165, 1.54) is 10.5 Å². The summed E-state index contributed by atoms with van der Waals surface area (Å²) in [4.78, 5) is 32.3. The van der Waals surface area contributed by atoms with Crippen molar-refractivity contribution < 1.29 is 9.59 Å². The van der Waals surface area contributed by atoms with Crippen molar-refractivity contribution in [1.82, 2.24) is 9.88 Å². The molecule has 0 saturated heterocycles. The standard InChI is InChI=1S/C27H25N3O2S/c1-18-9-11-19(12-10-18)25-23(29-26(33-25)20-7-5-4-6-8-20)17-24(31)28-22-15-13-21(14-16-22)27(32)30(2)3/h4-16H,17H2,1-3H3,(H,28,31). The molecular formula is C27H25N3O2S. The van der Waals surface area contributed by atoms with Gasteiger partial charge in [0.1, 0.15) is 5.01 Å². The Kier molecular flexibility index (Phi) is 6.66. The average molecular weight is 456 g/mol. The van der Waals surface area contributed by atoms with Gasteiger partial charge in [0.05, 0.1) is 17.0 Å². The van der Waals surface area contributed by atoms with Gasteiger partial charge in [-0.1, -0.05) is 60.2 Å². The first-order valence-corrected chi connectivity index (χ1v) is 11.5. The van der Waals surface area contributed by atoms with E-state index in [-0.39, 0.29) is 18.2 Å². The van der Waals surface area contributed by atoms with Crippen LogP contribution in [-0.4, -0.2) is 35.8 Å². The summed E-state index contributed by atoms with van der Waals surface area (Å²) in [5.74, 6) is -0.230. The van der Waals surface area contributed by atoms with Crippen LogP contribution < -0.4 is 5.32 Å². The molecule has 4 aromatic rings. The minimum atomic E-state index is -0.153. The Hall–Kier alpha value is -3.77. The second kappa shape index (κ2) is 9.79. The lowest BCUT2D eigenvalue weighted by atomic mass is 10.1. The molecule has 1 N–H and O–H groups in total. The molecule has 0 bridgehead atoms. The number of rotatable bonds is 6. The van der Waals surface area contributed by atoms with Crippen LogP contribution in [0.25, 0.3) is 21.0 Å². The fraction of sp³-hybridized carbons (Fsp3) is 0.148. The van der Waals surface area contributed by atoms with Crippen LogP contribution in [0.4, 0.5) is 5.69 Å². The number of nitrogens with one attached hydrogen (secondary N) is 1. The zero-order valence-corrected chi connectivity index (χ0v) is 19.6. The Morgan fingerprint density at radius 1 is 0.879 bits per heavy atom. The molecule has 3 aromatic carbocycles. The Labute approximate surface area is 197 Å². The van der Waals surface area contributed by atoms with Gasteiger partial charge >= 0.3 is 0 Å². The minimum absolute atomic E-state index is 0.0773. The van der Waals surface area contributed by atoms with E-state index in [2.05, 4.69) is 36.5 Å². The van der Waals surface area contributed by atoms with Gasteiger partial charge in [0.15, 0.2) is 0 Å². The maximum Gasteiger partial charge on any atom is 0.253 e. The largest absolute Gasteiger partial charge is 0.345 e. The number of carbonyl (C=O) groups is 2. The van der Waals surface area contributed by atoms with Gasteiger partial charge in [0.25, 0.3) is 5.91 Å². The summed E-state index contributed by atoms with van der Waals surface area (Å²) in [6.45, 7) is 2.05. The minimum Gasteiger partial charge on any atom is -0.345 e. The fourth-order valence-corrected chi connectivity index (χ4v) is 4.51. The van der Waals surface area contributed by atoms with Crippen molar-refractivity contribution in [2.24, 2.45) is 0 Å². The molecule has 1 aromatic heterocycles. The molecule has 0 aliphatic rings. The number of hydrogen-bond donors (Lipinski definition) is 1. The zero-order chi connectivity index (χ0) is 23.4. The molecule has 0 radical (unpaired) electrons. The smallest absolute Gasteiger partial charge is 0.253 e. The van der Waals surface area contributed by atoms with Crippen LogP contribution >= 0.6 is 11.3 Å². The number of benzene rings is 3. The average Bonchev–Trinajstić information content (AvgIpc) is 3.23. The maximum absolute atomic E-state index is 12.9. The van der Waals surface area contributed by atoms with Gasteiger partial charge in [0, 0.05) is 30.9 Å². The normalized spacial score (nSPS) is 10.6. The van der Waals surface area contributed by atoms with Gasteiger partial charge in [-0.05, 0) is 36.8 Å². The number of hydrogen-bond acceptors (Lipinski definition) is 4. The molecule has 5 nitrogen and oxygen atoms in total. The summed E-state index contributed by atoms with van der Waals surface area (Å²) < 4.78 is 0. The molecule has 33 heavy (non-hydrogen) atoms. The fourth-order valence-electron chi connectivity index (χ4n) is 3.42. The second-order valence-corrected chi connectivity index (χ2v) is 9.03. The summed E-state index contributed by atoms with van der Waals surface area (Å²) >= 11 is 1.59. The Morgan fingerprint density at radius 2 is 1.55 bits per heavy atom. The predicted molar refractivity (Wildman–Crippen MR) is 135 cm³/mol. The molecular weight excluding hydrogens is 430 g/mol. The molecule has 0 spiro atoms. The quantitative estimate of drug-likeness (QED) is 0.408. The summed E-state index contributed by atoms with van der Waals surface area (Å²) in [6, 6.07) is 25.2. The van der Waals surface area contributed by atoms with Crippen molar-refractivity contribution in [2.45, 2.75) is 13.3 Å². The third kappa shape index (κ3) is 5.35. The molecule has 2 amide bonds. The highest BCUT2D eigenvalue weighted by Crippen LogP contribution is 2.36. The monoisotopic (exact) mass is 455 g/mol. The van der Waals surface area contributed by atoms with Crippen LogP contribution in [0.2, 0.25) is 0 Å². The maximum atomic E-state index is 12.9. The van der Waals surface area contributed by atoms with E-state index < -0.39 is 0 Å². The number of carbonyl (C=O) groups excluding carboxylic acids is 2. The summed E-state index contributed by atoms with van der Waals surface area (Å²) in [5.41, 5.74) is 5.23. The molecule has 0 aliphatic carbocycles. The highest BCUT2D eigenvalue weighted by atomic mass is 32.1. The lowest BCUT2D eigenvalue weighted by molar-refractivity contribution is -0.115. The van der Waals surface area contributed by atoms with E-state index >= 15 is 0 Å². The molecule has 0 saturated carbocycles. The van der Waals surface area contributed by atoms with E-state index in [0.29, 0.717) is 11.3 Å². The number of thiazole rings is 1. The zero-order valence-electron chi connectivity index (χ0n) is 18.8. The van der Waals surface area contributed by atoms with Crippen molar-refractivity contribution >= 4 is 28.8 Å². The van der Waals surface area contributed by atoms with Crippen LogP contribution in [0.3, 0.4) is 0 Å². The highest BCUT2D eigenvalue weighted by Gasteiger charge is 2.17. The van der Waals surface area contributed by atoms with Crippen LogP contribution in [-0.2, 0) is 11.2 Å². The molecule has 166 valence electrons. The first-order valence-electron chi connectivity index (χ1n) is 10.6. The lowest BCUT2D eigenvalue weighted by Crippen LogP contribution is -2.21. The number of anilines is 1. The Morgan fingerprint density at radius 3 is 2.18 bits per heavy atom. The molecule has 0 unspecified atom stereocenters. The molecule has 6 heteroatoms. The van der Waals surface area contributed by atoms with Gasteiger partial charge in [-0.15, -0.1) is 11.3 Å². The molecule has 0 aliphatic heterocycles. The van der Waals surface area contributed by atoms with Crippen molar-refractivity contribution in [3.8, 4) is 21.0 Å². The van der Waals surface area contributed by atoms with Crippen molar-refractivity contribution in [3.63, 3.8) is 0 Å². The topological polar surface area (TPSA) is 62.3 Å². The van der Waals surface area contributed by atoms with Crippen molar-refractivity contribution in [2.75, 3.05) is 19.4 Å².